The zero-order valence-electron chi connectivity index (χ0n) is 10.0. The average molecular weight is 230 g/mol. The zero-order chi connectivity index (χ0) is 11.7. The van der Waals surface area contributed by atoms with Crippen LogP contribution in [0.15, 0.2) is 24.3 Å². The van der Waals surface area contributed by atoms with Crippen LogP contribution in [0.25, 0.3) is 0 Å². The van der Waals surface area contributed by atoms with Gasteiger partial charge in [-0.2, -0.15) is 0 Å². The van der Waals surface area contributed by atoms with Gasteiger partial charge in [0.15, 0.2) is 0 Å². The van der Waals surface area contributed by atoms with Crippen molar-refractivity contribution in [1.82, 2.24) is 0 Å². The van der Waals surface area contributed by atoms with Crippen LogP contribution in [-0.4, -0.2) is 18.5 Å². The fourth-order valence-electron chi connectivity index (χ4n) is 2.90. The Morgan fingerprint density at radius 3 is 3.00 bits per heavy atom. The molecule has 0 bridgehead atoms. The maximum absolute atomic E-state index is 12.1. The predicted octanol–water partition coefficient (Wildman–Crippen LogP) is 2.85. The van der Waals surface area contributed by atoms with Crippen molar-refractivity contribution in [2.75, 3.05) is 6.61 Å². The Balaban J connectivity index is 1.54. The minimum absolute atomic E-state index is 0.174. The van der Waals surface area contributed by atoms with Crippen LogP contribution >= 0.6 is 0 Å². The van der Waals surface area contributed by atoms with Gasteiger partial charge in [-0.05, 0) is 36.8 Å². The van der Waals surface area contributed by atoms with E-state index < -0.39 is 0 Å². The lowest BCUT2D eigenvalue weighted by atomic mass is 9.74. The van der Waals surface area contributed by atoms with Gasteiger partial charge in [0, 0.05) is 18.9 Å². The maximum atomic E-state index is 12.1. The van der Waals surface area contributed by atoms with Crippen molar-refractivity contribution in [1.29, 1.82) is 0 Å². The molecule has 3 rings (SSSR count). The second-order valence-electron chi connectivity index (χ2n) is 5.10. The monoisotopic (exact) mass is 230 g/mol. The molecule has 1 aromatic rings. The molecule has 2 unspecified atom stereocenters. The van der Waals surface area contributed by atoms with Crippen molar-refractivity contribution in [3.63, 3.8) is 0 Å². The number of benzene rings is 1. The Bertz CT molecular complexity index is 419. The van der Waals surface area contributed by atoms with Gasteiger partial charge in [0.1, 0.15) is 5.78 Å². The predicted molar refractivity (Wildman–Crippen MR) is 66.1 cm³/mol. The van der Waals surface area contributed by atoms with Crippen LogP contribution in [0.1, 0.15) is 42.7 Å². The van der Waals surface area contributed by atoms with Gasteiger partial charge in [0.25, 0.3) is 0 Å². The minimum atomic E-state index is 0.174. The number of hydrogen-bond acceptors (Lipinski definition) is 2. The summed E-state index contributed by atoms with van der Waals surface area (Å²) in [5.74, 6) is 0.576. The first-order valence-electron chi connectivity index (χ1n) is 6.57. The van der Waals surface area contributed by atoms with E-state index >= 15 is 0 Å². The molecule has 2 nitrogen and oxygen atoms in total. The van der Waals surface area contributed by atoms with E-state index in [9.17, 15) is 4.79 Å². The van der Waals surface area contributed by atoms with E-state index in [0.29, 0.717) is 18.3 Å². The summed E-state index contributed by atoms with van der Waals surface area (Å²) in [5, 5.41) is 0. The SMILES string of the molecule is O=C(CCC1CCCO1)C1Cc2ccccc21. The molecule has 1 fully saturated rings. The fraction of sp³-hybridized carbons (Fsp3) is 0.533. The highest BCUT2D eigenvalue weighted by Crippen LogP contribution is 2.36. The van der Waals surface area contributed by atoms with Gasteiger partial charge in [-0.3, -0.25) is 4.79 Å². The van der Waals surface area contributed by atoms with Gasteiger partial charge in [-0.1, -0.05) is 24.3 Å². The van der Waals surface area contributed by atoms with Crippen LogP contribution in [0.3, 0.4) is 0 Å². The Kier molecular flexibility index (Phi) is 2.98. The molecule has 17 heavy (non-hydrogen) atoms. The molecular formula is C15H18O2. The largest absolute Gasteiger partial charge is 0.378 e. The Labute approximate surface area is 102 Å². The Morgan fingerprint density at radius 1 is 1.35 bits per heavy atom. The van der Waals surface area contributed by atoms with Gasteiger partial charge >= 0.3 is 0 Å². The number of hydrogen-bond donors (Lipinski definition) is 0. The number of rotatable bonds is 4. The maximum Gasteiger partial charge on any atom is 0.140 e. The molecule has 1 heterocycles. The number of Topliss-reactive ketones (excluding diaryl/α,β-unsaturated/α-hetero) is 1. The third-order valence-corrected chi connectivity index (χ3v) is 3.98. The molecule has 90 valence electrons. The molecule has 1 aromatic carbocycles. The van der Waals surface area contributed by atoms with E-state index in [1.807, 2.05) is 12.1 Å². The first kappa shape index (κ1) is 11.0. The molecule has 0 saturated carbocycles. The van der Waals surface area contributed by atoms with Crippen molar-refractivity contribution in [2.24, 2.45) is 0 Å². The Hall–Kier alpha value is -1.15. The van der Waals surface area contributed by atoms with Crippen LogP contribution in [0.2, 0.25) is 0 Å². The summed E-state index contributed by atoms with van der Waals surface area (Å²) in [6.45, 7) is 0.880. The molecule has 1 saturated heterocycles. The molecule has 2 aliphatic rings. The van der Waals surface area contributed by atoms with Crippen molar-refractivity contribution in [3.8, 4) is 0 Å². The molecular weight excluding hydrogens is 212 g/mol. The first-order chi connectivity index (χ1) is 8.34. The zero-order valence-corrected chi connectivity index (χ0v) is 10.0. The van der Waals surface area contributed by atoms with E-state index in [0.717, 1.165) is 32.3 Å². The second kappa shape index (κ2) is 4.61. The summed E-state index contributed by atoms with van der Waals surface area (Å²) in [6, 6.07) is 8.29. The van der Waals surface area contributed by atoms with Gasteiger partial charge in [-0.25, -0.2) is 0 Å². The molecule has 1 aliphatic carbocycles. The lowest BCUT2D eigenvalue weighted by Crippen LogP contribution is -2.25. The summed E-state index contributed by atoms with van der Waals surface area (Å²) < 4.78 is 5.55. The normalized spacial score (nSPS) is 26.4. The van der Waals surface area contributed by atoms with Crippen molar-refractivity contribution in [2.45, 2.75) is 44.1 Å². The summed E-state index contributed by atoms with van der Waals surface area (Å²) >= 11 is 0. The summed E-state index contributed by atoms with van der Waals surface area (Å²) in [5.41, 5.74) is 2.60. The number of fused-ring (bicyclic) bond motifs is 1. The standard InChI is InChI=1S/C15H18O2/c16-15(8-7-12-5-3-9-17-12)14-10-11-4-1-2-6-13(11)14/h1-2,4,6,12,14H,3,5,7-10H2. The lowest BCUT2D eigenvalue weighted by molar-refractivity contribution is -0.121. The number of ether oxygens (including phenoxy) is 1. The van der Waals surface area contributed by atoms with E-state index in [2.05, 4.69) is 12.1 Å². The van der Waals surface area contributed by atoms with Crippen molar-refractivity contribution in [3.05, 3.63) is 35.4 Å². The van der Waals surface area contributed by atoms with Crippen molar-refractivity contribution >= 4 is 5.78 Å². The quantitative estimate of drug-likeness (QED) is 0.795. The molecule has 0 amide bonds. The summed E-state index contributed by atoms with van der Waals surface area (Å²) in [6.07, 6.45) is 5.18. The molecule has 2 heteroatoms. The number of carbonyl (C=O) groups is 1. The van der Waals surface area contributed by atoms with Gasteiger partial charge in [0.2, 0.25) is 0 Å². The molecule has 0 spiro atoms. The molecule has 0 aromatic heterocycles. The van der Waals surface area contributed by atoms with Gasteiger partial charge < -0.3 is 4.74 Å². The van der Waals surface area contributed by atoms with Gasteiger partial charge in [-0.15, -0.1) is 0 Å². The molecule has 1 aliphatic heterocycles. The van der Waals surface area contributed by atoms with Crippen molar-refractivity contribution < 1.29 is 9.53 Å². The molecule has 0 radical (unpaired) electrons. The molecule has 2 atom stereocenters. The third-order valence-electron chi connectivity index (χ3n) is 3.98. The van der Waals surface area contributed by atoms with E-state index in [1.165, 1.54) is 11.1 Å². The van der Waals surface area contributed by atoms with E-state index in [-0.39, 0.29) is 5.92 Å². The second-order valence-corrected chi connectivity index (χ2v) is 5.10. The van der Waals surface area contributed by atoms with E-state index in [4.69, 9.17) is 4.74 Å². The third kappa shape index (κ3) is 2.14. The minimum Gasteiger partial charge on any atom is -0.378 e. The fourth-order valence-corrected chi connectivity index (χ4v) is 2.90. The highest BCUT2D eigenvalue weighted by atomic mass is 16.5. The number of carbonyl (C=O) groups excluding carboxylic acids is 1. The van der Waals surface area contributed by atoms with Crippen LogP contribution < -0.4 is 0 Å². The first-order valence-corrected chi connectivity index (χ1v) is 6.57. The van der Waals surface area contributed by atoms with Gasteiger partial charge in [0.05, 0.1) is 6.10 Å². The molecule has 0 N–H and O–H groups in total. The summed E-state index contributed by atoms with van der Waals surface area (Å²) in [4.78, 5) is 12.1. The average Bonchev–Trinajstić information content (AvgIpc) is 2.81. The van der Waals surface area contributed by atoms with Crippen LogP contribution in [0, 0.1) is 0 Å². The topological polar surface area (TPSA) is 26.3 Å². The van der Waals surface area contributed by atoms with Crippen LogP contribution in [0.5, 0.6) is 0 Å². The summed E-state index contributed by atoms with van der Waals surface area (Å²) in [7, 11) is 0. The van der Waals surface area contributed by atoms with Crippen LogP contribution in [-0.2, 0) is 16.0 Å². The smallest absolute Gasteiger partial charge is 0.140 e. The highest BCUT2D eigenvalue weighted by molar-refractivity contribution is 5.88. The van der Waals surface area contributed by atoms with E-state index in [1.54, 1.807) is 0 Å². The highest BCUT2D eigenvalue weighted by Gasteiger charge is 2.31. The lowest BCUT2D eigenvalue weighted by Gasteiger charge is -2.29. The Morgan fingerprint density at radius 2 is 2.24 bits per heavy atom. The van der Waals surface area contributed by atoms with Crippen LogP contribution in [0.4, 0.5) is 0 Å². The number of ketones is 1.